The molecule has 2 heterocycles. The van der Waals surface area contributed by atoms with Gasteiger partial charge in [-0.3, -0.25) is 9.69 Å². The smallest absolute Gasteiger partial charge is 0.307 e. The molecule has 2 unspecified atom stereocenters. The third-order valence-corrected chi connectivity index (χ3v) is 4.14. The Morgan fingerprint density at radius 2 is 2.22 bits per heavy atom. The molecule has 0 radical (unpaired) electrons. The zero-order valence-corrected chi connectivity index (χ0v) is 11.4. The van der Waals surface area contributed by atoms with Gasteiger partial charge in [0.1, 0.15) is 0 Å². The number of piperidine rings is 1. The van der Waals surface area contributed by atoms with Crippen LogP contribution in [0.5, 0.6) is 0 Å². The number of likely N-dealkylation sites (tertiary alicyclic amines) is 1. The molecule has 0 aromatic carbocycles. The Hall–Kier alpha value is -0.610. The van der Waals surface area contributed by atoms with Gasteiger partial charge in [0.15, 0.2) is 0 Å². The van der Waals surface area contributed by atoms with Crippen LogP contribution in [0, 0.1) is 0 Å². The van der Waals surface area contributed by atoms with Crippen molar-refractivity contribution in [3.05, 3.63) is 0 Å². The molecule has 2 rings (SSSR count). The van der Waals surface area contributed by atoms with Crippen molar-refractivity contribution in [3.63, 3.8) is 0 Å². The molecule has 2 saturated heterocycles. The summed E-state index contributed by atoms with van der Waals surface area (Å²) in [4.78, 5) is 13.9. The third-order valence-electron chi connectivity index (χ3n) is 4.14. The summed E-state index contributed by atoms with van der Waals surface area (Å²) >= 11 is 0. The number of ether oxygens (including phenoxy) is 2. The van der Waals surface area contributed by atoms with E-state index in [4.69, 9.17) is 9.47 Å². The van der Waals surface area contributed by atoms with E-state index in [0.717, 1.165) is 32.5 Å². The Morgan fingerprint density at radius 3 is 2.94 bits per heavy atom. The number of hydrogen-bond acceptors (Lipinski definition) is 4. The standard InChI is InChI=1S/C14H25NO3/c1-17-14(16)11-12-5-2-3-8-15(12)9-7-13-6-4-10-18-13/h12-13H,2-11H2,1H3. The van der Waals surface area contributed by atoms with Gasteiger partial charge < -0.3 is 9.47 Å². The maximum Gasteiger partial charge on any atom is 0.307 e. The fraction of sp³-hybridized carbons (Fsp3) is 0.929. The summed E-state index contributed by atoms with van der Waals surface area (Å²) in [5.41, 5.74) is 0. The molecule has 18 heavy (non-hydrogen) atoms. The van der Waals surface area contributed by atoms with Gasteiger partial charge >= 0.3 is 5.97 Å². The fourth-order valence-electron chi connectivity index (χ4n) is 3.04. The minimum Gasteiger partial charge on any atom is -0.469 e. The molecule has 2 aliphatic rings. The summed E-state index contributed by atoms with van der Waals surface area (Å²) in [5.74, 6) is -0.0796. The Labute approximate surface area is 110 Å². The Morgan fingerprint density at radius 1 is 1.33 bits per heavy atom. The van der Waals surface area contributed by atoms with Crippen molar-refractivity contribution in [1.29, 1.82) is 0 Å². The normalized spacial score (nSPS) is 29.4. The van der Waals surface area contributed by atoms with Crippen LogP contribution in [0.25, 0.3) is 0 Å². The van der Waals surface area contributed by atoms with Gasteiger partial charge in [-0.1, -0.05) is 6.42 Å². The summed E-state index contributed by atoms with van der Waals surface area (Å²) in [5, 5.41) is 0. The first-order valence-corrected chi connectivity index (χ1v) is 7.22. The van der Waals surface area contributed by atoms with Gasteiger partial charge in [-0.25, -0.2) is 0 Å². The van der Waals surface area contributed by atoms with E-state index < -0.39 is 0 Å². The van der Waals surface area contributed by atoms with Gasteiger partial charge in [0.05, 0.1) is 19.6 Å². The van der Waals surface area contributed by atoms with Crippen LogP contribution in [0.15, 0.2) is 0 Å². The zero-order chi connectivity index (χ0) is 12.8. The lowest BCUT2D eigenvalue weighted by atomic mass is 9.98. The van der Waals surface area contributed by atoms with E-state index in [9.17, 15) is 4.79 Å². The Kier molecular flexibility index (Phi) is 5.45. The van der Waals surface area contributed by atoms with Crippen LogP contribution in [0.3, 0.4) is 0 Å². The van der Waals surface area contributed by atoms with Crippen LogP contribution < -0.4 is 0 Å². The molecule has 0 spiro atoms. The third kappa shape index (κ3) is 3.95. The monoisotopic (exact) mass is 255 g/mol. The van der Waals surface area contributed by atoms with Crippen LogP contribution in [0.2, 0.25) is 0 Å². The maximum absolute atomic E-state index is 11.4. The summed E-state index contributed by atoms with van der Waals surface area (Å²) < 4.78 is 10.5. The number of carbonyl (C=O) groups is 1. The molecular formula is C14H25NO3. The van der Waals surface area contributed by atoms with Crippen LogP contribution in [-0.2, 0) is 14.3 Å². The van der Waals surface area contributed by atoms with Crippen molar-refractivity contribution in [2.75, 3.05) is 26.8 Å². The molecule has 2 fully saturated rings. The van der Waals surface area contributed by atoms with Crippen molar-refractivity contribution in [3.8, 4) is 0 Å². The molecule has 104 valence electrons. The molecule has 0 N–H and O–H groups in total. The molecule has 2 atom stereocenters. The largest absolute Gasteiger partial charge is 0.469 e. The van der Waals surface area contributed by atoms with Gasteiger partial charge in [-0.05, 0) is 38.6 Å². The van der Waals surface area contributed by atoms with E-state index in [0.29, 0.717) is 18.6 Å². The lowest BCUT2D eigenvalue weighted by Crippen LogP contribution is -2.42. The van der Waals surface area contributed by atoms with Crippen molar-refractivity contribution in [1.82, 2.24) is 4.90 Å². The predicted octanol–water partition coefficient (Wildman–Crippen LogP) is 1.97. The highest BCUT2D eigenvalue weighted by atomic mass is 16.5. The number of methoxy groups -OCH3 is 1. The van der Waals surface area contributed by atoms with E-state index in [1.165, 1.54) is 32.8 Å². The van der Waals surface area contributed by atoms with Gasteiger partial charge in [0.2, 0.25) is 0 Å². The summed E-state index contributed by atoms with van der Waals surface area (Å²) in [6.07, 6.45) is 8.12. The quantitative estimate of drug-likeness (QED) is 0.704. The van der Waals surface area contributed by atoms with Crippen molar-refractivity contribution in [2.24, 2.45) is 0 Å². The first-order chi connectivity index (χ1) is 8.79. The molecular weight excluding hydrogens is 230 g/mol. The molecule has 0 bridgehead atoms. The van der Waals surface area contributed by atoms with Gasteiger partial charge in [-0.2, -0.15) is 0 Å². The van der Waals surface area contributed by atoms with Crippen LogP contribution in [0.1, 0.15) is 44.9 Å². The summed E-state index contributed by atoms with van der Waals surface area (Å²) in [6.45, 7) is 3.11. The SMILES string of the molecule is COC(=O)CC1CCCCN1CCC1CCCO1. The minimum atomic E-state index is -0.0796. The fourth-order valence-corrected chi connectivity index (χ4v) is 3.04. The lowest BCUT2D eigenvalue weighted by Gasteiger charge is -2.35. The molecule has 2 aliphatic heterocycles. The molecule has 0 saturated carbocycles. The molecule has 0 aliphatic carbocycles. The number of carbonyl (C=O) groups excluding carboxylic acids is 1. The average molecular weight is 255 g/mol. The van der Waals surface area contributed by atoms with Crippen molar-refractivity contribution < 1.29 is 14.3 Å². The van der Waals surface area contributed by atoms with Gasteiger partial charge in [0.25, 0.3) is 0 Å². The van der Waals surface area contributed by atoms with Gasteiger partial charge in [-0.15, -0.1) is 0 Å². The van der Waals surface area contributed by atoms with E-state index >= 15 is 0 Å². The number of rotatable bonds is 5. The predicted molar refractivity (Wildman–Crippen MR) is 69.4 cm³/mol. The first-order valence-electron chi connectivity index (χ1n) is 7.22. The van der Waals surface area contributed by atoms with Crippen LogP contribution in [-0.4, -0.2) is 49.8 Å². The summed E-state index contributed by atoms with van der Waals surface area (Å²) in [6, 6.07) is 0.382. The second-order valence-corrected chi connectivity index (χ2v) is 5.39. The topological polar surface area (TPSA) is 38.8 Å². The first kappa shape index (κ1) is 13.8. The van der Waals surface area contributed by atoms with E-state index in [2.05, 4.69) is 4.90 Å². The average Bonchev–Trinajstić information content (AvgIpc) is 2.91. The Balaban J connectivity index is 1.77. The highest BCUT2D eigenvalue weighted by Crippen LogP contribution is 2.22. The van der Waals surface area contributed by atoms with Crippen molar-refractivity contribution in [2.45, 2.75) is 57.1 Å². The maximum atomic E-state index is 11.4. The molecule has 0 aromatic rings. The zero-order valence-electron chi connectivity index (χ0n) is 11.4. The lowest BCUT2D eigenvalue weighted by molar-refractivity contribution is -0.142. The number of hydrogen-bond donors (Lipinski definition) is 0. The highest BCUT2D eigenvalue weighted by molar-refractivity contribution is 5.69. The van der Waals surface area contributed by atoms with Gasteiger partial charge in [0, 0.05) is 19.2 Å². The summed E-state index contributed by atoms with van der Waals surface area (Å²) in [7, 11) is 1.47. The number of esters is 1. The Bertz CT molecular complexity index is 264. The van der Waals surface area contributed by atoms with E-state index in [-0.39, 0.29) is 5.97 Å². The van der Waals surface area contributed by atoms with E-state index in [1.807, 2.05) is 0 Å². The second kappa shape index (κ2) is 7.10. The minimum absolute atomic E-state index is 0.0796. The van der Waals surface area contributed by atoms with E-state index in [1.54, 1.807) is 0 Å². The second-order valence-electron chi connectivity index (χ2n) is 5.39. The molecule has 0 amide bonds. The molecule has 4 heteroatoms. The molecule has 0 aromatic heterocycles. The number of nitrogens with zero attached hydrogens (tertiary/aromatic N) is 1. The van der Waals surface area contributed by atoms with Crippen LogP contribution in [0.4, 0.5) is 0 Å². The van der Waals surface area contributed by atoms with Crippen molar-refractivity contribution >= 4 is 5.97 Å². The molecule has 4 nitrogen and oxygen atoms in total. The van der Waals surface area contributed by atoms with Crippen LogP contribution >= 0.6 is 0 Å². The highest BCUT2D eigenvalue weighted by Gasteiger charge is 2.26.